The Labute approximate surface area is 57.7 Å². The minimum atomic E-state index is -0.521. The second kappa shape index (κ2) is 5.54. The molecule has 0 aromatic rings. The maximum absolute atomic E-state index is 8.72. The van der Waals surface area contributed by atoms with Gasteiger partial charge in [-0.05, 0) is 12.8 Å². The van der Waals surface area contributed by atoms with Gasteiger partial charge in [-0.1, -0.05) is 15.9 Å². The number of aliphatic hydroxyl groups is 2. The molecule has 1 atom stereocenters. The van der Waals surface area contributed by atoms with Crippen LogP contribution in [0, 0.1) is 0 Å². The van der Waals surface area contributed by atoms with Crippen LogP contribution in [0.2, 0.25) is 0 Å². The van der Waals surface area contributed by atoms with Crippen molar-refractivity contribution in [1.29, 1.82) is 0 Å². The Balaban J connectivity index is 2.86. The SMILES string of the molecule is OCC(O)CCCBr. The Morgan fingerprint density at radius 1 is 1.50 bits per heavy atom. The molecule has 0 spiro atoms. The highest BCUT2D eigenvalue weighted by molar-refractivity contribution is 9.09. The quantitative estimate of drug-likeness (QED) is 0.623. The summed E-state index contributed by atoms with van der Waals surface area (Å²) in [7, 11) is 0. The van der Waals surface area contributed by atoms with Crippen molar-refractivity contribution >= 4 is 15.9 Å². The Kier molecular flexibility index (Phi) is 5.81. The first kappa shape index (κ1) is 8.40. The third-order valence-corrected chi connectivity index (χ3v) is 1.44. The van der Waals surface area contributed by atoms with Crippen LogP contribution in [0.15, 0.2) is 0 Å². The van der Waals surface area contributed by atoms with E-state index in [0.717, 1.165) is 11.8 Å². The minimum Gasteiger partial charge on any atom is -0.394 e. The van der Waals surface area contributed by atoms with Gasteiger partial charge in [-0.25, -0.2) is 0 Å². The summed E-state index contributed by atoms with van der Waals surface area (Å²) in [4.78, 5) is 0. The van der Waals surface area contributed by atoms with Crippen molar-refractivity contribution in [2.45, 2.75) is 18.9 Å². The van der Waals surface area contributed by atoms with E-state index >= 15 is 0 Å². The lowest BCUT2D eigenvalue weighted by Gasteiger charge is -2.02. The molecular formula is C5H11BrO2. The summed E-state index contributed by atoms with van der Waals surface area (Å²) in [5.41, 5.74) is 0. The number of aliphatic hydroxyl groups excluding tert-OH is 2. The molecule has 0 saturated carbocycles. The molecule has 3 heteroatoms. The van der Waals surface area contributed by atoms with Crippen LogP contribution in [0.3, 0.4) is 0 Å². The van der Waals surface area contributed by atoms with Crippen LogP contribution in [-0.2, 0) is 0 Å². The van der Waals surface area contributed by atoms with Gasteiger partial charge in [-0.2, -0.15) is 0 Å². The molecule has 8 heavy (non-hydrogen) atoms. The zero-order chi connectivity index (χ0) is 6.41. The second-order valence-electron chi connectivity index (χ2n) is 1.67. The molecule has 0 bridgehead atoms. The van der Waals surface area contributed by atoms with Crippen molar-refractivity contribution in [3.63, 3.8) is 0 Å². The lowest BCUT2D eigenvalue weighted by atomic mass is 10.2. The van der Waals surface area contributed by atoms with E-state index in [1.165, 1.54) is 0 Å². The van der Waals surface area contributed by atoms with Crippen LogP contribution in [0.25, 0.3) is 0 Å². The number of alkyl halides is 1. The monoisotopic (exact) mass is 182 g/mol. The number of hydrogen-bond donors (Lipinski definition) is 2. The van der Waals surface area contributed by atoms with Crippen LogP contribution in [0.4, 0.5) is 0 Å². The van der Waals surface area contributed by atoms with Crippen molar-refractivity contribution in [2.24, 2.45) is 0 Å². The van der Waals surface area contributed by atoms with Crippen molar-refractivity contribution in [1.82, 2.24) is 0 Å². The average molecular weight is 183 g/mol. The van der Waals surface area contributed by atoms with Gasteiger partial charge in [0.25, 0.3) is 0 Å². The zero-order valence-electron chi connectivity index (χ0n) is 4.68. The molecule has 0 saturated heterocycles. The van der Waals surface area contributed by atoms with Gasteiger partial charge in [0.2, 0.25) is 0 Å². The first-order valence-corrected chi connectivity index (χ1v) is 3.78. The van der Waals surface area contributed by atoms with Crippen LogP contribution in [0.5, 0.6) is 0 Å². The molecular weight excluding hydrogens is 172 g/mol. The van der Waals surface area contributed by atoms with Gasteiger partial charge in [0.05, 0.1) is 12.7 Å². The molecule has 0 amide bonds. The molecule has 0 aromatic heterocycles. The average Bonchev–Trinajstić information content (AvgIpc) is 1.83. The molecule has 0 aliphatic rings. The molecule has 0 heterocycles. The fraction of sp³-hybridized carbons (Fsp3) is 1.00. The summed E-state index contributed by atoms with van der Waals surface area (Å²) in [6, 6.07) is 0. The first-order valence-electron chi connectivity index (χ1n) is 2.66. The van der Waals surface area contributed by atoms with E-state index in [-0.39, 0.29) is 6.61 Å². The minimum absolute atomic E-state index is 0.118. The molecule has 0 aliphatic heterocycles. The van der Waals surface area contributed by atoms with Crippen LogP contribution in [-0.4, -0.2) is 28.3 Å². The van der Waals surface area contributed by atoms with Gasteiger partial charge in [0.1, 0.15) is 0 Å². The summed E-state index contributed by atoms with van der Waals surface area (Å²) in [6.07, 6.45) is 1.08. The molecule has 0 fully saturated rings. The predicted octanol–water partition coefficient (Wildman–Crippen LogP) is 0.515. The Bertz CT molecular complexity index is 49.7. The van der Waals surface area contributed by atoms with Gasteiger partial charge < -0.3 is 10.2 Å². The van der Waals surface area contributed by atoms with E-state index in [1.807, 2.05) is 0 Å². The maximum Gasteiger partial charge on any atom is 0.0771 e. The topological polar surface area (TPSA) is 40.5 Å². The van der Waals surface area contributed by atoms with Crippen LogP contribution in [0.1, 0.15) is 12.8 Å². The highest BCUT2D eigenvalue weighted by Gasteiger charge is 1.98. The fourth-order valence-electron chi connectivity index (χ4n) is 0.404. The van der Waals surface area contributed by atoms with Crippen molar-refractivity contribution in [3.8, 4) is 0 Å². The van der Waals surface area contributed by atoms with E-state index < -0.39 is 6.10 Å². The van der Waals surface area contributed by atoms with Crippen molar-refractivity contribution in [3.05, 3.63) is 0 Å². The Morgan fingerprint density at radius 3 is 2.50 bits per heavy atom. The smallest absolute Gasteiger partial charge is 0.0771 e. The Morgan fingerprint density at radius 2 is 2.12 bits per heavy atom. The van der Waals surface area contributed by atoms with E-state index in [2.05, 4.69) is 15.9 Å². The van der Waals surface area contributed by atoms with Crippen molar-refractivity contribution in [2.75, 3.05) is 11.9 Å². The van der Waals surface area contributed by atoms with E-state index in [0.29, 0.717) is 6.42 Å². The van der Waals surface area contributed by atoms with Crippen molar-refractivity contribution < 1.29 is 10.2 Å². The van der Waals surface area contributed by atoms with Gasteiger partial charge >= 0.3 is 0 Å². The Hall–Kier alpha value is 0.400. The molecule has 1 unspecified atom stereocenters. The van der Waals surface area contributed by atoms with E-state index in [9.17, 15) is 0 Å². The normalized spacial score (nSPS) is 13.9. The molecule has 0 rings (SSSR count). The summed E-state index contributed by atoms with van der Waals surface area (Å²) in [5.74, 6) is 0. The number of halogens is 1. The maximum atomic E-state index is 8.72. The van der Waals surface area contributed by atoms with Crippen LogP contribution >= 0.6 is 15.9 Å². The predicted molar refractivity (Wildman–Crippen MR) is 36.1 cm³/mol. The lowest BCUT2D eigenvalue weighted by molar-refractivity contribution is 0.0880. The van der Waals surface area contributed by atoms with Gasteiger partial charge in [-0.15, -0.1) is 0 Å². The summed E-state index contributed by atoms with van der Waals surface area (Å²) < 4.78 is 0. The van der Waals surface area contributed by atoms with Gasteiger partial charge in [0.15, 0.2) is 0 Å². The zero-order valence-corrected chi connectivity index (χ0v) is 6.26. The molecule has 50 valence electrons. The molecule has 2 N–H and O–H groups in total. The third-order valence-electron chi connectivity index (χ3n) is 0.882. The third kappa shape index (κ3) is 4.56. The summed E-state index contributed by atoms with van der Waals surface area (Å²) in [6.45, 7) is -0.118. The fourth-order valence-corrected chi connectivity index (χ4v) is 0.728. The standard InChI is InChI=1S/C5H11BrO2/c6-3-1-2-5(8)4-7/h5,7-8H,1-4H2. The second-order valence-corrected chi connectivity index (χ2v) is 2.46. The number of hydrogen-bond acceptors (Lipinski definition) is 2. The van der Waals surface area contributed by atoms with E-state index in [4.69, 9.17) is 10.2 Å². The van der Waals surface area contributed by atoms with E-state index in [1.54, 1.807) is 0 Å². The van der Waals surface area contributed by atoms with Gasteiger partial charge in [-0.3, -0.25) is 0 Å². The molecule has 0 radical (unpaired) electrons. The number of rotatable bonds is 4. The first-order chi connectivity index (χ1) is 3.81. The molecule has 0 aromatic carbocycles. The lowest BCUT2D eigenvalue weighted by Crippen LogP contribution is -2.11. The van der Waals surface area contributed by atoms with Crippen LogP contribution < -0.4 is 0 Å². The highest BCUT2D eigenvalue weighted by atomic mass is 79.9. The summed E-state index contributed by atoms with van der Waals surface area (Å²) in [5, 5.41) is 17.9. The largest absolute Gasteiger partial charge is 0.394 e. The molecule has 0 aliphatic carbocycles. The summed E-state index contributed by atoms with van der Waals surface area (Å²) >= 11 is 3.21. The van der Waals surface area contributed by atoms with Gasteiger partial charge in [0, 0.05) is 5.33 Å². The highest BCUT2D eigenvalue weighted by Crippen LogP contribution is 1.97. The molecule has 2 nitrogen and oxygen atoms in total.